The largest absolute Gasteiger partial charge is 0.493 e. The molecule has 118 valence electrons. The van der Waals surface area contributed by atoms with E-state index >= 15 is 0 Å². The lowest BCUT2D eigenvalue weighted by molar-refractivity contribution is 0.0424. The van der Waals surface area contributed by atoms with Crippen LogP contribution in [0.25, 0.3) is 0 Å². The number of aliphatic hydroxyl groups excluding tert-OH is 1. The molecule has 6 heteroatoms. The molecule has 1 rings (SSSR count). The zero-order valence-corrected chi connectivity index (χ0v) is 13.4. The van der Waals surface area contributed by atoms with Gasteiger partial charge in [0.2, 0.25) is 0 Å². The molecule has 3 N–H and O–H groups in total. The zero-order valence-electron chi connectivity index (χ0n) is 12.6. The molecular formula is C15H24N2O3S. The second-order valence-corrected chi connectivity index (χ2v) is 5.37. The number of rotatable bonds is 10. The number of para-hydroxylation sites is 1. The maximum atomic E-state index is 9.63. The highest BCUT2D eigenvalue weighted by Gasteiger charge is 2.08. The Bertz CT molecular complexity index is 443. The summed E-state index contributed by atoms with van der Waals surface area (Å²) in [7, 11) is 3.54. The number of thiocarbonyl (C=S) groups is 1. The van der Waals surface area contributed by atoms with E-state index in [-0.39, 0.29) is 0 Å². The van der Waals surface area contributed by atoms with Crippen LogP contribution >= 0.6 is 12.2 Å². The fraction of sp³-hybridized carbons (Fsp3) is 0.533. The molecule has 5 nitrogen and oxygen atoms in total. The minimum atomic E-state index is -0.462. The number of aliphatic hydroxyl groups is 1. The van der Waals surface area contributed by atoms with E-state index in [1.54, 1.807) is 7.11 Å². The summed E-state index contributed by atoms with van der Waals surface area (Å²) in [5.74, 6) is 0.715. The average molecular weight is 312 g/mol. The molecule has 0 saturated heterocycles. The summed E-state index contributed by atoms with van der Waals surface area (Å²) in [5, 5.41) is 9.63. The number of hydrogen-bond acceptors (Lipinski definition) is 5. The van der Waals surface area contributed by atoms with Crippen molar-refractivity contribution in [3.8, 4) is 5.75 Å². The van der Waals surface area contributed by atoms with E-state index in [0.29, 0.717) is 30.5 Å². The smallest absolute Gasteiger partial charge is 0.129 e. The molecule has 0 heterocycles. The van der Waals surface area contributed by atoms with E-state index in [4.69, 9.17) is 27.4 Å². The predicted octanol–water partition coefficient (Wildman–Crippen LogP) is 1.03. The topological polar surface area (TPSA) is 68.0 Å². The van der Waals surface area contributed by atoms with Crippen LogP contribution in [0, 0.1) is 0 Å². The number of nitrogens with zero attached hydrogens (tertiary/aromatic N) is 1. The van der Waals surface area contributed by atoms with Gasteiger partial charge in [-0.2, -0.15) is 0 Å². The first-order chi connectivity index (χ1) is 10.0. The van der Waals surface area contributed by atoms with Crippen molar-refractivity contribution < 1.29 is 14.6 Å². The molecule has 0 spiro atoms. The van der Waals surface area contributed by atoms with Crippen LogP contribution in [0.15, 0.2) is 24.3 Å². The van der Waals surface area contributed by atoms with E-state index in [1.807, 2.05) is 36.2 Å². The Balaban J connectivity index is 2.30. The first kappa shape index (κ1) is 17.8. The summed E-state index contributed by atoms with van der Waals surface area (Å²) in [6.45, 7) is 2.33. The molecule has 0 aromatic heterocycles. The lowest BCUT2D eigenvalue weighted by atomic mass is 10.2. The summed E-state index contributed by atoms with van der Waals surface area (Å²) in [6.07, 6.45) is 0.387. The fourth-order valence-corrected chi connectivity index (χ4v) is 2.18. The van der Waals surface area contributed by atoms with Gasteiger partial charge >= 0.3 is 0 Å². The molecule has 0 aliphatic rings. The van der Waals surface area contributed by atoms with Crippen LogP contribution in [0.4, 0.5) is 0 Å². The molecule has 0 bridgehead atoms. The molecule has 1 atom stereocenters. The summed E-state index contributed by atoms with van der Waals surface area (Å²) in [4.78, 5) is 2.39. The van der Waals surface area contributed by atoms with Crippen LogP contribution in [0.1, 0.15) is 12.0 Å². The summed E-state index contributed by atoms with van der Waals surface area (Å²) in [5.41, 5.74) is 6.41. The van der Waals surface area contributed by atoms with Crippen LogP contribution in [0.5, 0.6) is 5.75 Å². The van der Waals surface area contributed by atoms with Gasteiger partial charge in [-0.25, -0.2) is 0 Å². The Morgan fingerprint density at radius 3 is 2.81 bits per heavy atom. The van der Waals surface area contributed by atoms with Crippen LogP contribution < -0.4 is 10.5 Å². The van der Waals surface area contributed by atoms with Gasteiger partial charge in [0.1, 0.15) is 10.7 Å². The first-order valence-corrected chi connectivity index (χ1v) is 7.32. The van der Waals surface area contributed by atoms with Crippen molar-refractivity contribution in [1.29, 1.82) is 0 Å². The van der Waals surface area contributed by atoms with Gasteiger partial charge in [0, 0.05) is 20.2 Å². The maximum absolute atomic E-state index is 9.63. The van der Waals surface area contributed by atoms with Crippen LogP contribution in [0.3, 0.4) is 0 Å². The quantitative estimate of drug-likeness (QED) is 0.497. The Kier molecular flexibility index (Phi) is 8.22. The monoisotopic (exact) mass is 312 g/mol. The van der Waals surface area contributed by atoms with Crippen molar-refractivity contribution >= 4 is 17.2 Å². The molecule has 1 aromatic rings. The average Bonchev–Trinajstić information content (AvgIpc) is 2.44. The minimum Gasteiger partial charge on any atom is -0.493 e. The van der Waals surface area contributed by atoms with Crippen molar-refractivity contribution in [3.63, 3.8) is 0 Å². The molecule has 0 aliphatic heterocycles. The third-order valence-electron chi connectivity index (χ3n) is 2.98. The number of ether oxygens (including phenoxy) is 2. The van der Waals surface area contributed by atoms with Gasteiger partial charge in [0.05, 0.1) is 24.9 Å². The van der Waals surface area contributed by atoms with E-state index in [9.17, 15) is 5.11 Å². The van der Waals surface area contributed by atoms with E-state index in [1.165, 1.54) is 0 Å². The van der Waals surface area contributed by atoms with E-state index in [0.717, 1.165) is 18.5 Å². The standard InChI is InChI=1S/C15H24N2O3S/c1-17(10-12(18)11-19-2)8-5-9-20-14-7-4-3-6-13(14)15(16)21/h3-4,6-7,12,18H,5,8-11H2,1-2H3,(H2,16,21). The van der Waals surface area contributed by atoms with Gasteiger partial charge in [0.15, 0.2) is 0 Å². The van der Waals surface area contributed by atoms with Crippen molar-refractivity contribution in [3.05, 3.63) is 29.8 Å². The SMILES string of the molecule is COCC(O)CN(C)CCCOc1ccccc1C(N)=S. The van der Waals surface area contributed by atoms with Crippen LogP contribution in [-0.4, -0.2) is 61.6 Å². The summed E-state index contributed by atoms with van der Waals surface area (Å²) < 4.78 is 10.6. The summed E-state index contributed by atoms with van der Waals surface area (Å²) >= 11 is 4.99. The van der Waals surface area contributed by atoms with Gasteiger partial charge < -0.3 is 25.2 Å². The molecule has 0 saturated carbocycles. The number of hydrogen-bond donors (Lipinski definition) is 2. The Morgan fingerprint density at radius 1 is 1.43 bits per heavy atom. The number of benzene rings is 1. The minimum absolute atomic E-state index is 0.338. The molecule has 0 radical (unpaired) electrons. The fourth-order valence-electron chi connectivity index (χ4n) is 2.01. The lowest BCUT2D eigenvalue weighted by Crippen LogP contribution is -2.33. The number of nitrogens with two attached hydrogens (primary N) is 1. The van der Waals surface area contributed by atoms with Gasteiger partial charge in [-0.1, -0.05) is 24.4 Å². The number of likely N-dealkylation sites (N-methyl/N-ethyl adjacent to an activating group) is 1. The zero-order chi connectivity index (χ0) is 15.7. The van der Waals surface area contributed by atoms with Gasteiger partial charge in [0.25, 0.3) is 0 Å². The number of methoxy groups -OCH3 is 1. The third kappa shape index (κ3) is 6.86. The van der Waals surface area contributed by atoms with Crippen molar-refractivity contribution in [2.75, 3.05) is 40.5 Å². The molecule has 1 aromatic carbocycles. The van der Waals surface area contributed by atoms with Crippen molar-refractivity contribution in [2.45, 2.75) is 12.5 Å². The van der Waals surface area contributed by atoms with Crippen LogP contribution in [-0.2, 0) is 4.74 Å². The third-order valence-corrected chi connectivity index (χ3v) is 3.20. The first-order valence-electron chi connectivity index (χ1n) is 6.91. The predicted molar refractivity (Wildman–Crippen MR) is 87.8 cm³/mol. The maximum Gasteiger partial charge on any atom is 0.129 e. The Morgan fingerprint density at radius 2 is 2.14 bits per heavy atom. The molecule has 1 unspecified atom stereocenters. The second-order valence-electron chi connectivity index (χ2n) is 4.93. The molecule has 0 amide bonds. The van der Waals surface area contributed by atoms with Gasteiger partial charge in [-0.05, 0) is 25.6 Å². The second kappa shape index (κ2) is 9.68. The van der Waals surface area contributed by atoms with Crippen molar-refractivity contribution in [1.82, 2.24) is 4.90 Å². The van der Waals surface area contributed by atoms with E-state index in [2.05, 4.69) is 0 Å². The molecule has 0 aliphatic carbocycles. The molecular weight excluding hydrogens is 288 g/mol. The highest BCUT2D eigenvalue weighted by atomic mass is 32.1. The molecule has 21 heavy (non-hydrogen) atoms. The highest BCUT2D eigenvalue weighted by molar-refractivity contribution is 7.80. The van der Waals surface area contributed by atoms with Crippen molar-refractivity contribution in [2.24, 2.45) is 5.73 Å². The summed E-state index contributed by atoms with van der Waals surface area (Å²) in [6, 6.07) is 7.49. The van der Waals surface area contributed by atoms with Gasteiger partial charge in [-0.15, -0.1) is 0 Å². The van der Waals surface area contributed by atoms with Gasteiger partial charge in [-0.3, -0.25) is 0 Å². The Labute approximate surface area is 131 Å². The Hall–Kier alpha value is -1.21. The highest BCUT2D eigenvalue weighted by Crippen LogP contribution is 2.17. The van der Waals surface area contributed by atoms with E-state index < -0.39 is 6.10 Å². The normalized spacial score (nSPS) is 12.4. The lowest BCUT2D eigenvalue weighted by Gasteiger charge is -2.20. The molecule has 0 fully saturated rings. The van der Waals surface area contributed by atoms with Crippen LogP contribution in [0.2, 0.25) is 0 Å².